The van der Waals surface area contributed by atoms with Crippen LogP contribution in [0.15, 0.2) is 24.4 Å². The molecule has 43 heavy (non-hydrogen) atoms. The Morgan fingerprint density at radius 3 is 2.42 bits per heavy atom. The third kappa shape index (κ3) is 10.7. The molecule has 18 heteroatoms. The zero-order chi connectivity index (χ0) is 28.2. The number of phosphoric ester groups is 2. The summed E-state index contributed by atoms with van der Waals surface area (Å²) in [4.78, 5) is 63.3. The molecule has 1 heterocycles. The SMILES string of the molecule is Cc1cnc(NC(=O)CC[C@@H]2C[C@H](OP(=O)([O-])[O-])[C@@]3(C)CCC4c5ccc(OP(=O)([O-])[O-])cc5CCC4C23)s1.[Na+].[Na+].[Na+].[Na+]. The Morgan fingerprint density at radius 1 is 1.12 bits per heavy atom. The molecule has 0 saturated heterocycles. The van der Waals surface area contributed by atoms with E-state index < -0.39 is 27.2 Å². The summed E-state index contributed by atoms with van der Waals surface area (Å²) in [5, 5.41) is 3.36. The van der Waals surface area contributed by atoms with Gasteiger partial charge in [0, 0.05) is 17.5 Å². The van der Waals surface area contributed by atoms with Gasteiger partial charge in [-0.15, -0.1) is 11.3 Å². The number of rotatable bonds is 8. The van der Waals surface area contributed by atoms with Gasteiger partial charge in [-0.05, 0) is 97.8 Å². The smallest absolute Gasteiger partial charge is 0.790 e. The van der Waals surface area contributed by atoms with Gasteiger partial charge >= 0.3 is 118 Å². The molecule has 0 aliphatic heterocycles. The van der Waals surface area contributed by atoms with Gasteiger partial charge < -0.3 is 43.1 Å². The molecule has 1 aromatic carbocycles. The molecule has 2 saturated carbocycles. The second-order valence-electron chi connectivity index (χ2n) is 11.2. The summed E-state index contributed by atoms with van der Waals surface area (Å²) in [7, 11) is -10.4. The molecular weight excluding hydrogens is 658 g/mol. The molecule has 2 fully saturated rings. The predicted octanol–water partition coefficient (Wildman–Crippen LogP) is -9.61. The van der Waals surface area contributed by atoms with Crippen LogP contribution in [0.3, 0.4) is 0 Å². The summed E-state index contributed by atoms with van der Waals surface area (Å²) < 4.78 is 32.5. The van der Waals surface area contributed by atoms with Crippen molar-refractivity contribution >= 4 is 38.0 Å². The zero-order valence-corrected chi connectivity index (χ0v) is 36.2. The van der Waals surface area contributed by atoms with Crippen LogP contribution < -0.4 is 148 Å². The Balaban J connectivity index is 0.00000231. The molecule has 1 N–H and O–H groups in total. The van der Waals surface area contributed by atoms with E-state index >= 15 is 0 Å². The van der Waals surface area contributed by atoms with Gasteiger partial charge in [0.2, 0.25) is 5.91 Å². The minimum absolute atomic E-state index is 0. The van der Waals surface area contributed by atoms with Crippen LogP contribution in [0.4, 0.5) is 5.13 Å². The van der Waals surface area contributed by atoms with Crippen LogP contribution in [0.25, 0.3) is 0 Å². The minimum Gasteiger partial charge on any atom is -0.790 e. The number of hydrogen-bond acceptors (Lipinski definition) is 11. The van der Waals surface area contributed by atoms with E-state index in [-0.39, 0.29) is 160 Å². The topological polar surface area (TPSA) is 187 Å². The third-order valence-electron chi connectivity index (χ3n) is 8.84. The number of hydrogen-bond donors (Lipinski definition) is 1. The number of carbonyl (C=O) groups excluding carboxylic acids is 1. The largest absolute Gasteiger partial charge is 1.00 e. The Hall–Kier alpha value is 2.38. The second-order valence-corrected chi connectivity index (χ2v) is 14.6. The molecule has 5 rings (SSSR count). The van der Waals surface area contributed by atoms with Crippen molar-refractivity contribution in [3.05, 3.63) is 40.4 Å². The van der Waals surface area contributed by atoms with E-state index in [0.717, 1.165) is 28.8 Å². The number of phosphoric acid groups is 2. The van der Waals surface area contributed by atoms with E-state index in [1.807, 2.05) is 19.9 Å². The van der Waals surface area contributed by atoms with Gasteiger partial charge in [0.1, 0.15) is 13.6 Å². The molecule has 1 amide bonds. The maximum atomic E-state index is 12.7. The van der Waals surface area contributed by atoms with Gasteiger partial charge in [0.15, 0.2) is 5.13 Å². The molecule has 0 radical (unpaired) electrons. The summed E-state index contributed by atoms with van der Waals surface area (Å²) in [6, 6.07) is 4.91. The van der Waals surface area contributed by atoms with Crippen LogP contribution >= 0.6 is 27.0 Å². The van der Waals surface area contributed by atoms with Gasteiger partial charge in [-0.25, -0.2) is 4.98 Å². The van der Waals surface area contributed by atoms with Crippen molar-refractivity contribution < 1.29 is 161 Å². The molecule has 3 unspecified atom stereocenters. The van der Waals surface area contributed by atoms with E-state index in [9.17, 15) is 33.5 Å². The monoisotopic (exact) mass is 688 g/mol. The van der Waals surface area contributed by atoms with Crippen LogP contribution in [-0.2, 0) is 24.9 Å². The first kappa shape index (κ1) is 43.4. The van der Waals surface area contributed by atoms with Crippen molar-refractivity contribution in [3.8, 4) is 5.75 Å². The van der Waals surface area contributed by atoms with Gasteiger partial charge in [-0.1, -0.05) is 13.0 Å². The molecule has 3 aliphatic rings. The first-order chi connectivity index (χ1) is 18.2. The molecule has 0 bridgehead atoms. The van der Waals surface area contributed by atoms with E-state index in [4.69, 9.17) is 4.52 Å². The third-order valence-corrected chi connectivity index (χ3v) is 10.6. The van der Waals surface area contributed by atoms with Crippen molar-refractivity contribution in [3.63, 3.8) is 0 Å². The number of nitrogens with one attached hydrogen (secondary N) is 1. The number of anilines is 1. The Morgan fingerprint density at radius 2 is 1.81 bits per heavy atom. The molecular formula is C25H30N2Na4O9P2S. The molecule has 6 atom stereocenters. The quantitative estimate of drug-likeness (QED) is 0.206. The standard InChI is InChI=1S/C25H34N2O9P2S.4Na/c1-14-13-26-24(39-14)27-22(28)8-4-16-12-21(36-38(32,33)34)25(2)10-9-19-18-7-5-17(35-37(29,30)31)11-15(18)3-6-20(19)23(16)25;;;;/h5,7,11,13,16,19-21,23H,3-4,6,8-10,12H2,1-2H3,(H,26,27,28)(H2,29,30,31)(H2,32,33,34);;;;/q;4*+1/p-4/t16-,19?,20?,21+,23?,25-;;;;/m1..../s1. The Labute approximate surface area is 344 Å². The molecule has 0 spiro atoms. The van der Waals surface area contributed by atoms with E-state index in [2.05, 4.69) is 14.8 Å². The first-order valence-electron chi connectivity index (χ1n) is 13.0. The number of benzene rings is 1. The van der Waals surface area contributed by atoms with Crippen LogP contribution in [0, 0.1) is 30.1 Å². The molecule has 11 nitrogen and oxygen atoms in total. The minimum atomic E-state index is -5.22. The van der Waals surface area contributed by atoms with Crippen molar-refractivity contribution in [1.82, 2.24) is 4.98 Å². The number of nitrogens with zero attached hydrogens (tertiary/aromatic N) is 1. The van der Waals surface area contributed by atoms with Crippen LogP contribution in [0.2, 0.25) is 0 Å². The van der Waals surface area contributed by atoms with Crippen LogP contribution in [0.5, 0.6) is 5.75 Å². The van der Waals surface area contributed by atoms with Crippen molar-refractivity contribution in [2.24, 2.45) is 23.2 Å². The van der Waals surface area contributed by atoms with Gasteiger partial charge in [-0.3, -0.25) is 4.79 Å². The number of aryl methyl sites for hydroxylation is 2. The predicted molar refractivity (Wildman–Crippen MR) is 135 cm³/mol. The fourth-order valence-corrected chi connectivity index (χ4v) is 9.19. The van der Waals surface area contributed by atoms with Crippen molar-refractivity contribution in [2.45, 2.75) is 70.8 Å². The number of thiazole rings is 1. The fourth-order valence-electron chi connectivity index (χ4n) is 7.50. The molecule has 3 aliphatic carbocycles. The number of aromatic nitrogens is 1. The van der Waals surface area contributed by atoms with Crippen molar-refractivity contribution in [2.75, 3.05) is 5.32 Å². The second kappa shape index (κ2) is 17.3. The van der Waals surface area contributed by atoms with Gasteiger partial charge in [-0.2, -0.15) is 0 Å². The van der Waals surface area contributed by atoms with E-state index in [1.54, 1.807) is 12.3 Å². The average molecular weight is 688 g/mol. The summed E-state index contributed by atoms with van der Waals surface area (Å²) in [5.41, 5.74) is 1.44. The summed E-state index contributed by atoms with van der Waals surface area (Å²) >= 11 is 1.39. The first-order valence-corrected chi connectivity index (χ1v) is 16.7. The van der Waals surface area contributed by atoms with E-state index in [1.165, 1.54) is 17.4 Å². The van der Waals surface area contributed by atoms with Gasteiger partial charge in [0.25, 0.3) is 0 Å². The maximum Gasteiger partial charge on any atom is 1.00 e. The fraction of sp³-hybridized carbons (Fsp3) is 0.600. The van der Waals surface area contributed by atoms with Crippen molar-refractivity contribution in [1.29, 1.82) is 0 Å². The summed E-state index contributed by atoms with van der Waals surface area (Å²) in [5.74, 6) is 0.114. The summed E-state index contributed by atoms with van der Waals surface area (Å²) in [6.45, 7) is 3.90. The van der Waals surface area contributed by atoms with E-state index in [0.29, 0.717) is 30.8 Å². The number of fused-ring (bicyclic) bond motifs is 5. The number of carbonyl (C=O) groups is 1. The normalized spacial score (nSPS) is 27.4. The van der Waals surface area contributed by atoms with Crippen LogP contribution in [-0.4, -0.2) is 17.0 Å². The zero-order valence-electron chi connectivity index (χ0n) is 25.6. The molecule has 2 aromatic rings. The van der Waals surface area contributed by atoms with Crippen LogP contribution in [0.1, 0.15) is 67.4 Å². The van der Waals surface area contributed by atoms with Gasteiger partial charge in [0.05, 0.1) is 13.9 Å². The molecule has 1 aromatic heterocycles. The molecule has 214 valence electrons. The Bertz CT molecular complexity index is 1360. The summed E-state index contributed by atoms with van der Waals surface area (Å²) in [6.07, 6.45) is 4.83. The average Bonchev–Trinajstić information content (AvgIpc) is 3.35. The number of amides is 1. The Kier molecular flexibility index (Phi) is 17.5. The maximum absolute atomic E-state index is 12.7.